The second-order valence-corrected chi connectivity index (χ2v) is 1.88. The van der Waals surface area contributed by atoms with Crippen LogP contribution in [0.4, 0.5) is 0 Å². The van der Waals surface area contributed by atoms with Crippen LogP contribution in [0.3, 0.4) is 0 Å². The molecule has 0 radical (unpaired) electrons. The van der Waals surface area contributed by atoms with Crippen LogP contribution in [0.1, 0.15) is 13.8 Å². The lowest BCUT2D eigenvalue weighted by molar-refractivity contribution is 0.200. The molecule has 0 bridgehead atoms. The number of rotatable bonds is 3. The third-order valence-electron chi connectivity index (χ3n) is 0.659. The third-order valence-corrected chi connectivity index (χ3v) is 0.659. The van der Waals surface area contributed by atoms with Crippen LogP contribution in [0.15, 0.2) is 22.4 Å². The van der Waals surface area contributed by atoms with Gasteiger partial charge in [0.15, 0.2) is 0 Å². The van der Waals surface area contributed by atoms with Gasteiger partial charge in [-0.15, -0.1) is 0 Å². The van der Waals surface area contributed by atoms with Crippen molar-refractivity contribution in [1.29, 1.82) is 0 Å². The number of nitrogens with one attached hydrogen (secondary N) is 1. The maximum Gasteiger partial charge on any atom is 0.143 e. The van der Waals surface area contributed by atoms with Gasteiger partial charge in [0.2, 0.25) is 0 Å². The van der Waals surface area contributed by atoms with Crippen molar-refractivity contribution in [1.82, 2.24) is 5.48 Å². The molecule has 0 unspecified atom stereocenters. The molecule has 10 heavy (non-hydrogen) atoms. The Balaban J connectivity index is 3.77. The molecule has 2 N–H and O–H groups in total. The monoisotopic (exact) mass is 141 g/mol. The van der Waals surface area contributed by atoms with Gasteiger partial charge in [0.1, 0.15) is 12.2 Å². The first-order valence-corrected chi connectivity index (χ1v) is 2.79. The fourth-order valence-corrected chi connectivity index (χ4v) is 0.243. The highest BCUT2D eigenvalue weighted by molar-refractivity contribution is 5.86. The normalized spacial score (nSPS) is 9.50. The van der Waals surface area contributed by atoms with Crippen LogP contribution in [-0.2, 0) is 0 Å². The molecule has 0 aliphatic heterocycles. The van der Waals surface area contributed by atoms with E-state index < -0.39 is 0 Å². The van der Waals surface area contributed by atoms with Gasteiger partial charge in [0, 0.05) is 5.71 Å². The molecule has 0 saturated heterocycles. The summed E-state index contributed by atoms with van der Waals surface area (Å²) in [7, 11) is 0. The lowest BCUT2D eigenvalue weighted by Gasteiger charge is -1.90. The second kappa shape index (κ2) is 4.69. The molecular formula is C6H11N3O. The molecule has 0 rings (SSSR count). The summed E-state index contributed by atoms with van der Waals surface area (Å²) in [5.41, 5.74) is 2.67. The number of nitrogens with zero attached hydrogens (tertiary/aromatic N) is 2. The van der Waals surface area contributed by atoms with Gasteiger partial charge in [-0.25, -0.2) is 9.98 Å². The fraction of sp³-hybridized carbons (Fsp3) is 0.333. The Morgan fingerprint density at radius 1 is 1.60 bits per heavy atom. The molecule has 4 nitrogen and oxygen atoms in total. The lowest BCUT2D eigenvalue weighted by Crippen LogP contribution is -2.02. The van der Waals surface area contributed by atoms with Gasteiger partial charge >= 0.3 is 0 Å². The summed E-state index contributed by atoms with van der Waals surface area (Å²) in [5, 5.41) is 8.19. The summed E-state index contributed by atoms with van der Waals surface area (Å²) in [6.07, 6.45) is 1.32. The third kappa shape index (κ3) is 4.99. The number of hydroxylamine groups is 1. The number of aliphatic imine (C=N–C) groups is 2. The SMILES string of the molecule is C=C(N=CN=C(C)C)NO. The van der Waals surface area contributed by atoms with Crippen molar-refractivity contribution in [2.75, 3.05) is 0 Å². The molecular weight excluding hydrogens is 130 g/mol. The Bertz CT molecular complexity index is 168. The van der Waals surface area contributed by atoms with Crippen LogP contribution in [-0.4, -0.2) is 17.3 Å². The van der Waals surface area contributed by atoms with E-state index in [4.69, 9.17) is 5.21 Å². The smallest absolute Gasteiger partial charge is 0.143 e. The Morgan fingerprint density at radius 3 is 2.60 bits per heavy atom. The summed E-state index contributed by atoms with van der Waals surface area (Å²) >= 11 is 0. The molecule has 0 heterocycles. The first-order chi connectivity index (χ1) is 4.66. The average molecular weight is 141 g/mol. The van der Waals surface area contributed by atoms with E-state index in [1.165, 1.54) is 6.34 Å². The summed E-state index contributed by atoms with van der Waals surface area (Å²) in [5.74, 6) is 0.171. The topological polar surface area (TPSA) is 57.0 Å². The quantitative estimate of drug-likeness (QED) is 0.349. The predicted molar refractivity (Wildman–Crippen MR) is 41.3 cm³/mol. The van der Waals surface area contributed by atoms with Crippen molar-refractivity contribution in [3.05, 3.63) is 12.4 Å². The highest BCUT2D eigenvalue weighted by Crippen LogP contribution is 1.81. The first-order valence-electron chi connectivity index (χ1n) is 2.79. The van der Waals surface area contributed by atoms with Crippen molar-refractivity contribution in [3.63, 3.8) is 0 Å². The van der Waals surface area contributed by atoms with Crippen LogP contribution in [0, 0.1) is 0 Å². The summed E-state index contributed by atoms with van der Waals surface area (Å²) in [6, 6.07) is 0. The Labute approximate surface area is 60.0 Å². The maximum atomic E-state index is 8.19. The van der Waals surface area contributed by atoms with E-state index in [0.29, 0.717) is 0 Å². The Kier molecular flexibility index (Phi) is 4.15. The van der Waals surface area contributed by atoms with E-state index in [0.717, 1.165) is 5.71 Å². The lowest BCUT2D eigenvalue weighted by atomic mass is 10.5. The van der Waals surface area contributed by atoms with Crippen molar-refractivity contribution >= 4 is 12.1 Å². The Hall–Kier alpha value is -1.16. The molecule has 0 saturated carbocycles. The molecule has 0 spiro atoms. The molecule has 0 aromatic carbocycles. The van der Waals surface area contributed by atoms with Crippen LogP contribution in [0.2, 0.25) is 0 Å². The molecule has 0 aliphatic carbocycles. The van der Waals surface area contributed by atoms with Crippen molar-refractivity contribution in [2.24, 2.45) is 9.98 Å². The Morgan fingerprint density at radius 2 is 2.20 bits per heavy atom. The van der Waals surface area contributed by atoms with Gasteiger partial charge < -0.3 is 0 Å². The van der Waals surface area contributed by atoms with Gasteiger partial charge in [-0.3, -0.25) is 10.7 Å². The van der Waals surface area contributed by atoms with Gasteiger partial charge in [0.05, 0.1) is 0 Å². The molecule has 4 heteroatoms. The number of hydrogen-bond donors (Lipinski definition) is 2. The minimum atomic E-state index is 0.171. The zero-order valence-corrected chi connectivity index (χ0v) is 6.13. The predicted octanol–water partition coefficient (Wildman–Crippen LogP) is 0.946. The summed E-state index contributed by atoms with van der Waals surface area (Å²) in [4.78, 5) is 7.44. The van der Waals surface area contributed by atoms with E-state index >= 15 is 0 Å². The largest absolute Gasteiger partial charge is 0.290 e. The molecule has 56 valence electrons. The molecule has 0 atom stereocenters. The van der Waals surface area contributed by atoms with Gasteiger partial charge in [0.25, 0.3) is 0 Å². The van der Waals surface area contributed by atoms with Gasteiger partial charge in [-0.2, -0.15) is 0 Å². The second-order valence-electron chi connectivity index (χ2n) is 1.88. The highest BCUT2D eigenvalue weighted by atomic mass is 16.5. The molecule has 0 aromatic rings. The van der Waals surface area contributed by atoms with E-state index in [-0.39, 0.29) is 5.82 Å². The highest BCUT2D eigenvalue weighted by Gasteiger charge is 1.78. The van der Waals surface area contributed by atoms with E-state index in [1.54, 1.807) is 5.48 Å². The molecule has 0 amide bonds. The van der Waals surface area contributed by atoms with Crippen LogP contribution in [0.25, 0.3) is 0 Å². The molecule has 0 aliphatic rings. The van der Waals surface area contributed by atoms with Crippen molar-refractivity contribution < 1.29 is 5.21 Å². The van der Waals surface area contributed by atoms with Gasteiger partial charge in [-0.1, -0.05) is 6.58 Å². The zero-order chi connectivity index (χ0) is 7.98. The molecule has 0 aromatic heterocycles. The first kappa shape index (κ1) is 8.84. The minimum Gasteiger partial charge on any atom is -0.290 e. The summed E-state index contributed by atoms with van der Waals surface area (Å²) in [6.45, 7) is 7.04. The van der Waals surface area contributed by atoms with E-state index in [9.17, 15) is 0 Å². The fourth-order valence-electron chi connectivity index (χ4n) is 0.243. The van der Waals surface area contributed by atoms with Crippen molar-refractivity contribution in [2.45, 2.75) is 13.8 Å². The van der Waals surface area contributed by atoms with E-state index in [1.807, 2.05) is 13.8 Å². The zero-order valence-electron chi connectivity index (χ0n) is 6.13. The number of hydrogen-bond acceptors (Lipinski definition) is 3. The van der Waals surface area contributed by atoms with Crippen LogP contribution in [0.5, 0.6) is 0 Å². The standard InChI is InChI=1S/C6H11N3O/c1-5(2)7-4-8-6(3)9-10/h4,9-10H,3H2,1-2H3. The van der Waals surface area contributed by atoms with Crippen molar-refractivity contribution in [3.8, 4) is 0 Å². The minimum absolute atomic E-state index is 0.171. The van der Waals surface area contributed by atoms with Crippen LogP contribution < -0.4 is 5.48 Å². The average Bonchev–Trinajstić information content (AvgIpc) is 1.87. The van der Waals surface area contributed by atoms with Gasteiger partial charge in [-0.05, 0) is 13.8 Å². The summed E-state index contributed by atoms with van der Waals surface area (Å²) < 4.78 is 0. The maximum absolute atomic E-state index is 8.19. The van der Waals surface area contributed by atoms with E-state index in [2.05, 4.69) is 16.6 Å². The van der Waals surface area contributed by atoms with Crippen LogP contribution >= 0.6 is 0 Å². The molecule has 0 fully saturated rings.